The van der Waals surface area contributed by atoms with Gasteiger partial charge in [-0.2, -0.15) is 0 Å². The van der Waals surface area contributed by atoms with E-state index in [0.717, 1.165) is 83.2 Å². The second kappa shape index (κ2) is 11.6. The van der Waals surface area contributed by atoms with Gasteiger partial charge in [-0.1, -0.05) is 141 Å². The molecule has 8 aromatic carbocycles. The van der Waals surface area contributed by atoms with E-state index >= 15 is 0 Å². The topological polar surface area (TPSA) is 29.5 Å². The van der Waals surface area contributed by atoms with Crippen LogP contribution in [-0.2, 0) is 5.41 Å². The molecule has 3 heteroatoms. The number of hydrogen-bond acceptors (Lipinski definition) is 3. The highest BCUT2D eigenvalue weighted by Gasteiger charge is 2.36. The average molecular weight is 694 g/mol. The van der Waals surface area contributed by atoms with E-state index in [0.29, 0.717) is 0 Å². The predicted molar refractivity (Wildman–Crippen MR) is 224 cm³/mol. The quantitative estimate of drug-likeness (QED) is 0.180. The Labute approximate surface area is 313 Å². The summed E-state index contributed by atoms with van der Waals surface area (Å²) in [5.74, 6) is 0. The number of fused-ring (bicyclic) bond motifs is 10. The molecule has 3 nitrogen and oxygen atoms in total. The van der Waals surface area contributed by atoms with E-state index in [4.69, 9.17) is 8.83 Å². The van der Waals surface area contributed by atoms with Crippen molar-refractivity contribution in [3.05, 3.63) is 187 Å². The van der Waals surface area contributed by atoms with E-state index in [1.54, 1.807) is 0 Å². The summed E-state index contributed by atoms with van der Waals surface area (Å²) in [6, 6.07) is 62.9. The highest BCUT2D eigenvalue weighted by molar-refractivity contribution is 6.27. The molecular weight excluding hydrogens is 659 g/mol. The maximum Gasteiger partial charge on any atom is 0.145 e. The first-order chi connectivity index (χ1) is 26.6. The Morgan fingerprint density at radius 3 is 1.87 bits per heavy atom. The first-order valence-electron chi connectivity index (χ1n) is 18.6. The predicted octanol–water partition coefficient (Wildman–Crippen LogP) is 14.6. The molecule has 2 aromatic heterocycles. The van der Waals surface area contributed by atoms with Crippen molar-refractivity contribution in [3.8, 4) is 33.4 Å². The van der Waals surface area contributed by atoms with E-state index in [1.807, 2.05) is 18.2 Å². The van der Waals surface area contributed by atoms with Crippen molar-refractivity contribution in [3.63, 3.8) is 0 Å². The maximum atomic E-state index is 7.02. The maximum absolute atomic E-state index is 7.02. The molecule has 0 fully saturated rings. The van der Waals surface area contributed by atoms with E-state index in [2.05, 4.69) is 176 Å². The molecule has 0 spiro atoms. The normalized spacial score (nSPS) is 13.1. The molecule has 0 bridgehead atoms. The Kier molecular flexibility index (Phi) is 6.60. The van der Waals surface area contributed by atoms with Crippen LogP contribution in [0.4, 0.5) is 17.1 Å². The van der Waals surface area contributed by atoms with Gasteiger partial charge >= 0.3 is 0 Å². The van der Waals surface area contributed by atoms with Crippen LogP contribution in [0.3, 0.4) is 0 Å². The third-order valence-corrected chi connectivity index (χ3v) is 11.5. The van der Waals surface area contributed by atoms with Gasteiger partial charge in [0, 0.05) is 43.8 Å². The van der Waals surface area contributed by atoms with Gasteiger partial charge in [0.05, 0.1) is 11.4 Å². The first kappa shape index (κ1) is 30.8. The zero-order valence-corrected chi connectivity index (χ0v) is 30.0. The lowest BCUT2D eigenvalue weighted by atomic mass is 9.82. The largest absolute Gasteiger partial charge is 0.456 e. The lowest BCUT2D eigenvalue weighted by Crippen LogP contribution is -2.17. The van der Waals surface area contributed by atoms with Gasteiger partial charge in [-0.3, -0.25) is 0 Å². The summed E-state index contributed by atoms with van der Waals surface area (Å²) in [6.45, 7) is 4.69. The Hall–Kier alpha value is -6.84. The minimum Gasteiger partial charge on any atom is -0.456 e. The smallest absolute Gasteiger partial charge is 0.145 e. The first-order valence-corrected chi connectivity index (χ1v) is 18.6. The summed E-state index contributed by atoms with van der Waals surface area (Å²) in [6.07, 6.45) is 0. The molecule has 0 N–H and O–H groups in total. The number of para-hydroxylation sites is 2. The molecule has 2 heterocycles. The third kappa shape index (κ3) is 4.42. The fraction of sp³-hybridized carbons (Fsp3) is 0.0588. The standard InChI is InChI=1S/C51H35NO2/c1-51(2)40-22-12-9-20-36(40)37-26-25-34(31-41(37)51)52(42-23-13-10-19-35(42)32-15-5-3-6-16-32)43-28-27-39-49-46(54-50(39)47(43)33-17-7-4-8-18-33)30-29-45-48(49)38-21-11-14-24-44(38)53-45/h3-31H,1-2H3. The summed E-state index contributed by atoms with van der Waals surface area (Å²) in [4.78, 5) is 2.44. The minimum absolute atomic E-state index is 0.157. The number of hydrogen-bond donors (Lipinski definition) is 0. The van der Waals surface area contributed by atoms with Gasteiger partial charge in [0.15, 0.2) is 0 Å². The number of anilines is 3. The van der Waals surface area contributed by atoms with Gasteiger partial charge < -0.3 is 13.7 Å². The van der Waals surface area contributed by atoms with Crippen molar-refractivity contribution in [2.24, 2.45) is 0 Å². The van der Waals surface area contributed by atoms with Crippen molar-refractivity contribution >= 4 is 60.9 Å². The van der Waals surface area contributed by atoms with Crippen molar-refractivity contribution in [1.29, 1.82) is 0 Å². The zero-order chi connectivity index (χ0) is 36.0. The van der Waals surface area contributed by atoms with Crippen LogP contribution in [0.15, 0.2) is 185 Å². The van der Waals surface area contributed by atoms with Gasteiger partial charge in [0.25, 0.3) is 0 Å². The molecule has 10 aromatic rings. The minimum atomic E-state index is -0.157. The fourth-order valence-corrected chi connectivity index (χ4v) is 8.97. The van der Waals surface area contributed by atoms with E-state index in [1.165, 1.54) is 22.3 Å². The van der Waals surface area contributed by atoms with Crippen LogP contribution in [-0.4, -0.2) is 0 Å². The third-order valence-electron chi connectivity index (χ3n) is 11.5. The molecule has 0 saturated heterocycles. The number of nitrogens with zero attached hydrogens (tertiary/aromatic N) is 1. The van der Waals surface area contributed by atoms with Gasteiger partial charge in [-0.15, -0.1) is 0 Å². The van der Waals surface area contributed by atoms with Crippen LogP contribution in [0.25, 0.3) is 77.3 Å². The van der Waals surface area contributed by atoms with Crippen LogP contribution in [0.2, 0.25) is 0 Å². The molecule has 0 unspecified atom stereocenters. The molecule has 54 heavy (non-hydrogen) atoms. The van der Waals surface area contributed by atoms with Gasteiger partial charge in [-0.05, 0) is 81.9 Å². The summed E-state index contributed by atoms with van der Waals surface area (Å²) in [5, 5.41) is 4.31. The second-order valence-electron chi connectivity index (χ2n) is 14.8. The Balaban J connectivity index is 1.24. The Morgan fingerprint density at radius 2 is 1.06 bits per heavy atom. The molecule has 0 amide bonds. The summed E-state index contributed by atoms with van der Waals surface area (Å²) in [5.41, 5.74) is 16.2. The monoisotopic (exact) mass is 693 g/mol. The molecule has 0 saturated carbocycles. The molecule has 256 valence electrons. The molecule has 1 aliphatic rings. The summed E-state index contributed by atoms with van der Waals surface area (Å²) in [7, 11) is 0. The van der Waals surface area contributed by atoms with Crippen molar-refractivity contribution in [1.82, 2.24) is 0 Å². The highest BCUT2D eigenvalue weighted by Crippen LogP contribution is 2.53. The molecule has 1 aliphatic carbocycles. The summed E-state index contributed by atoms with van der Waals surface area (Å²) < 4.78 is 13.4. The number of benzene rings is 8. The van der Waals surface area contributed by atoms with E-state index in [9.17, 15) is 0 Å². The average Bonchev–Trinajstić information content (AvgIpc) is 3.86. The van der Waals surface area contributed by atoms with Crippen molar-refractivity contribution < 1.29 is 8.83 Å². The lowest BCUT2D eigenvalue weighted by molar-refractivity contribution is 0.660. The number of furan rings is 2. The molecular formula is C51H35NO2. The van der Waals surface area contributed by atoms with E-state index in [-0.39, 0.29) is 5.41 Å². The van der Waals surface area contributed by atoms with Crippen LogP contribution < -0.4 is 4.90 Å². The zero-order valence-electron chi connectivity index (χ0n) is 30.0. The fourth-order valence-electron chi connectivity index (χ4n) is 8.97. The molecule has 0 atom stereocenters. The molecule has 0 radical (unpaired) electrons. The van der Waals surface area contributed by atoms with Crippen LogP contribution in [0, 0.1) is 0 Å². The van der Waals surface area contributed by atoms with Crippen molar-refractivity contribution in [2.45, 2.75) is 19.3 Å². The molecule has 0 aliphatic heterocycles. The second-order valence-corrected chi connectivity index (χ2v) is 14.8. The SMILES string of the molecule is CC1(C)c2ccccc2-c2ccc(N(c3ccccc3-c3ccccc3)c3ccc4c(oc5ccc6oc7ccccc7c6c54)c3-c3ccccc3)cc21. The van der Waals surface area contributed by atoms with Gasteiger partial charge in [0.2, 0.25) is 0 Å². The van der Waals surface area contributed by atoms with Crippen LogP contribution >= 0.6 is 0 Å². The van der Waals surface area contributed by atoms with Gasteiger partial charge in [0.1, 0.15) is 22.3 Å². The highest BCUT2D eigenvalue weighted by atomic mass is 16.3. The Bertz CT molecular complexity index is 3080. The van der Waals surface area contributed by atoms with E-state index < -0.39 is 0 Å². The van der Waals surface area contributed by atoms with Gasteiger partial charge in [-0.25, -0.2) is 0 Å². The summed E-state index contributed by atoms with van der Waals surface area (Å²) >= 11 is 0. The van der Waals surface area contributed by atoms with Crippen LogP contribution in [0.1, 0.15) is 25.0 Å². The lowest BCUT2D eigenvalue weighted by Gasteiger charge is -2.31. The van der Waals surface area contributed by atoms with Crippen LogP contribution in [0.5, 0.6) is 0 Å². The Morgan fingerprint density at radius 1 is 0.426 bits per heavy atom. The number of rotatable bonds is 5. The molecule has 11 rings (SSSR count). The van der Waals surface area contributed by atoms with Crippen molar-refractivity contribution in [2.75, 3.05) is 4.90 Å².